The van der Waals surface area contributed by atoms with Gasteiger partial charge in [-0.2, -0.15) is 0 Å². The molecule has 0 spiro atoms. The topological polar surface area (TPSA) is 54.2 Å². The van der Waals surface area contributed by atoms with Crippen LogP contribution in [0.25, 0.3) is 0 Å². The Hall–Kier alpha value is -2.56. The van der Waals surface area contributed by atoms with E-state index in [1.807, 2.05) is 12.5 Å². The molecule has 1 aromatic heterocycles. The molecule has 0 fully saturated rings. The van der Waals surface area contributed by atoms with Crippen LogP contribution in [0.3, 0.4) is 0 Å². The molecule has 1 heterocycles. The standard InChI is InChI=1S/C19H25N5/c1-2-21-19(23-18-5-3-4-6-18)22-13-16-7-9-17(10-8-16)14-24-12-11-20-15-24/h3-4,7-12,15,18H,2,5-6,13-14H2,1H3,(H2,21,22,23). The molecule has 1 aliphatic rings. The van der Waals surface area contributed by atoms with Crippen LogP contribution in [0.4, 0.5) is 0 Å². The van der Waals surface area contributed by atoms with E-state index < -0.39 is 0 Å². The molecular formula is C19H25N5. The van der Waals surface area contributed by atoms with Crippen LogP contribution in [0.1, 0.15) is 30.9 Å². The predicted octanol–water partition coefficient (Wildman–Crippen LogP) is 2.71. The van der Waals surface area contributed by atoms with Gasteiger partial charge >= 0.3 is 0 Å². The highest BCUT2D eigenvalue weighted by molar-refractivity contribution is 5.80. The van der Waals surface area contributed by atoms with Gasteiger partial charge in [-0.15, -0.1) is 0 Å². The largest absolute Gasteiger partial charge is 0.357 e. The van der Waals surface area contributed by atoms with Gasteiger partial charge < -0.3 is 15.2 Å². The Morgan fingerprint density at radius 3 is 2.62 bits per heavy atom. The van der Waals surface area contributed by atoms with Crippen molar-refractivity contribution < 1.29 is 0 Å². The van der Waals surface area contributed by atoms with E-state index in [9.17, 15) is 0 Å². The van der Waals surface area contributed by atoms with Crippen LogP contribution in [-0.4, -0.2) is 28.1 Å². The van der Waals surface area contributed by atoms with Crippen LogP contribution < -0.4 is 10.6 Å². The molecule has 24 heavy (non-hydrogen) atoms. The van der Waals surface area contributed by atoms with Gasteiger partial charge in [0, 0.05) is 31.5 Å². The average molecular weight is 323 g/mol. The molecule has 0 aliphatic heterocycles. The van der Waals surface area contributed by atoms with Crippen LogP contribution in [0, 0.1) is 0 Å². The molecule has 0 bridgehead atoms. The van der Waals surface area contributed by atoms with Crippen molar-refractivity contribution >= 4 is 5.96 Å². The molecular weight excluding hydrogens is 298 g/mol. The van der Waals surface area contributed by atoms with Crippen LogP contribution in [0.5, 0.6) is 0 Å². The summed E-state index contributed by atoms with van der Waals surface area (Å²) in [6.45, 7) is 4.49. The lowest BCUT2D eigenvalue weighted by Crippen LogP contribution is -2.42. The third-order valence-electron chi connectivity index (χ3n) is 4.06. The predicted molar refractivity (Wildman–Crippen MR) is 97.9 cm³/mol. The van der Waals surface area contributed by atoms with E-state index >= 15 is 0 Å². The van der Waals surface area contributed by atoms with Crippen molar-refractivity contribution in [2.75, 3.05) is 6.54 Å². The highest BCUT2D eigenvalue weighted by Crippen LogP contribution is 2.10. The molecule has 5 nitrogen and oxygen atoms in total. The third kappa shape index (κ3) is 4.72. The van der Waals surface area contributed by atoms with Gasteiger partial charge in [0.2, 0.25) is 0 Å². The number of aromatic nitrogens is 2. The van der Waals surface area contributed by atoms with E-state index in [1.54, 1.807) is 6.20 Å². The molecule has 0 atom stereocenters. The minimum atomic E-state index is 0.473. The molecule has 0 saturated heterocycles. The second kappa shape index (κ2) is 8.34. The van der Waals surface area contributed by atoms with Crippen molar-refractivity contribution in [3.63, 3.8) is 0 Å². The van der Waals surface area contributed by atoms with Crippen molar-refractivity contribution in [2.24, 2.45) is 4.99 Å². The number of guanidine groups is 1. The maximum atomic E-state index is 4.70. The normalized spacial score (nSPS) is 15.0. The quantitative estimate of drug-likeness (QED) is 0.488. The van der Waals surface area contributed by atoms with Crippen molar-refractivity contribution in [1.82, 2.24) is 20.2 Å². The second-order valence-corrected chi connectivity index (χ2v) is 6.03. The zero-order valence-corrected chi connectivity index (χ0v) is 14.2. The molecule has 1 aromatic carbocycles. The maximum absolute atomic E-state index is 4.70. The summed E-state index contributed by atoms with van der Waals surface area (Å²) >= 11 is 0. The van der Waals surface area contributed by atoms with E-state index in [1.165, 1.54) is 11.1 Å². The number of benzene rings is 1. The first-order valence-electron chi connectivity index (χ1n) is 8.57. The Morgan fingerprint density at radius 1 is 1.21 bits per heavy atom. The third-order valence-corrected chi connectivity index (χ3v) is 4.06. The first-order chi connectivity index (χ1) is 11.8. The number of nitrogens with one attached hydrogen (secondary N) is 2. The van der Waals surface area contributed by atoms with E-state index in [0.717, 1.165) is 31.9 Å². The molecule has 1 aliphatic carbocycles. The summed E-state index contributed by atoms with van der Waals surface area (Å²) in [5, 5.41) is 6.82. The Morgan fingerprint density at radius 2 is 1.96 bits per heavy atom. The molecule has 126 valence electrons. The zero-order chi connectivity index (χ0) is 16.6. The summed E-state index contributed by atoms with van der Waals surface area (Å²) in [4.78, 5) is 8.78. The Labute approximate surface area is 143 Å². The number of aliphatic imine (C=N–C) groups is 1. The summed E-state index contributed by atoms with van der Waals surface area (Å²) < 4.78 is 2.07. The second-order valence-electron chi connectivity index (χ2n) is 6.03. The van der Waals surface area contributed by atoms with E-state index in [2.05, 4.69) is 63.5 Å². The maximum Gasteiger partial charge on any atom is 0.191 e. The minimum Gasteiger partial charge on any atom is -0.357 e. The van der Waals surface area contributed by atoms with Crippen molar-refractivity contribution in [3.8, 4) is 0 Å². The molecule has 0 amide bonds. The van der Waals surface area contributed by atoms with E-state index in [0.29, 0.717) is 12.6 Å². The van der Waals surface area contributed by atoms with Crippen LogP contribution in [-0.2, 0) is 13.1 Å². The zero-order valence-electron chi connectivity index (χ0n) is 14.2. The first kappa shape index (κ1) is 16.3. The molecule has 2 N–H and O–H groups in total. The summed E-state index contributed by atoms with van der Waals surface area (Å²) in [5.41, 5.74) is 2.48. The smallest absolute Gasteiger partial charge is 0.191 e. The number of nitrogens with zero attached hydrogens (tertiary/aromatic N) is 3. The van der Waals surface area contributed by atoms with Gasteiger partial charge in [0.05, 0.1) is 12.9 Å². The summed E-state index contributed by atoms with van der Waals surface area (Å²) in [5.74, 6) is 0.897. The summed E-state index contributed by atoms with van der Waals surface area (Å²) in [6, 6.07) is 9.09. The highest BCUT2D eigenvalue weighted by Gasteiger charge is 2.11. The van der Waals surface area contributed by atoms with Crippen molar-refractivity contribution in [2.45, 2.75) is 38.9 Å². The van der Waals surface area contributed by atoms with E-state index in [-0.39, 0.29) is 0 Å². The fraction of sp³-hybridized carbons (Fsp3) is 0.368. The molecule has 0 radical (unpaired) electrons. The number of hydrogen-bond donors (Lipinski definition) is 2. The van der Waals surface area contributed by atoms with Crippen molar-refractivity contribution in [1.29, 1.82) is 0 Å². The monoisotopic (exact) mass is 323 g/mol. The Kier molecular flexibility index (Phi) is 5.66. The number of hydrogen-bond acceptors (Lipinski definition) is 2. The lowest BCUT2D eigenvalue weighted by molar-refractivity contribution is 0.633. The fourth-order valence-corrected chi connectivity index (χ4v) is 2.76. The van der Waals surface area contributed by atoms with Crippen LogP contribution in [0.2, 0.25) is 0 Å². The number of rotatable bonds is 6. The summed E-state index contributed by atoms with van der Waals surface area (Å²) in [7, 11) is 0. The molecule has 0 unspecified atom stereocenters. The fourth-order valence-electron chi connectivity index (χ4n) is 2.76. The van der Waals surface area contributed by atoms with Gasteiger partial charge in [0.25, 0.3) is 0 Å². The molecule has 2 aromatic rings. The van der Waals surface area contributed by atoms with E-state index in [4.69, 9.17) is 4.99 Å². The lowest BCUT2D eigenvalue weighted by Gasteiger charge is -2.16. The van der Waals surface area contributed by atoms with Gasteiger partial charge in [0.1, 0.15) is 0 Å². The van der Waals surface area contributed by atoms with Crippen LogP contribution >= 0.6 is 0 Å². The van der Waals surface area contributed by atoms with Gasteiger partial charge in [-0.1, -0.05) is 36.4 Å². The SMILES string of the molecule is CCNC(=NCc1ccc(Cn2ccnc2)cc1)NC1CC=CC1. The van der Waals surface area contributed by atoms with Gasteiger partial charge in [0.15, 0.2) is 5.96 Å². The Bertz CT molecular complexity index is 662. The average Bonchev–Trinajstić information content (AvgIpc) is 3.28. The van der Waals surface area contributed by atoms with Crippen molar-refractivity contribution in [3.05, 3.63) is 66.3 Å². The number of imidazole rings is 1. The van der Waals surface area contributed by atoms with Crippen LogP contribution in [0.15, 0.2) is 60.1 Å². The molecule has 3 rings (SSSR count). The molecule has 5 heteroatoms. The first-order valence-corrected chi connectivity index (χ1v) is 8.57. The van der Waals surface area contributed by atoms with Gasteiger partial charge in [-0.3, -0.25) is 0 Å². The lowest BCUT2D eigenvalue weighted by atomic mass is 10.1. The molecule has 0 saturated carbocycles. The highest BCUT2D eigenvalue weighted by atomic mass is 15.2. The van der Waals surface area contributed by atoms with Gasteiger partial charge in [-0.25, -0.2) is 9.98 Å². The Balaban J connectivity index is 1.56. The summed E-state index contributed by atoms with van der Waals surface area (Å²) in [6.07, 6.45) is 12.2. The van der Waals surface area contributed by atoms with Gasteiger partial charge in [-0.05, 0) is 30.9 Å². The minimum absolute atomic E-state index is 0.473.